The van der Waals surface area contributed by atoms with E-state index < -0.39 is 0 Å². The lowest BCUT2D eigenvalue weighted by molar-refractivity contribution is 0.112. The van der Waals surface area contributed by atoms with Gasteiger partial charge in [-0.3, -0.25) is 4.79 Å². The van der Waals surface area contributed by atoms with Gasteiger partial charge in [0.05, 0.1) is 18.2 Å². The highest BCUT2D eigenvalue weighted by Crippen LogP contribution is 2.23. The maximum atomic E-state index is 11.1. The molecule has 0 unspecified atom stereocenters. The predicted molar refractivity (Wildman–Crippen MR) is 72.4 cm³/mol. The molecule has 0 saturated heterocycles. The number of hydrogen-bond acceptors (Lipinski definition) is 4. The van der Waals surface area contributed by atoms with Crippen LogP contribution in [0.1, 0.15) is 24.2 Å². The van der Waals surface area contributed by atoms with E-state index in [1.807, 2.05) is 38.1 Å². The van der Waals surface area contributed by atoms with Crippen molar-refractivity contribution in [1.82, 2.24) is 4.98 Å². The Labute approximate surface area is 106 Å². The summed E-state index contributed by atoms with van der Waals surface area (Å²) in [5.41, 5.74) is 1.40. The Bertz CT molecular complexity index is 579. The Morgan fingerprint density at radius 1 is 1.33 bits per heavy atom. The first-order chi connectivity index (χ1) is 8.63. The molecule has 2 rings (SSSR count). The molecule has 0 radical (unpaired) electrons. The van der Waals surface area contributed by atoms with Crippen molar-refractivity contribution < 1.29 is 9.53 Å². The summed E-state index contributed by atoms with van der Waals surface area (Å²) in [6.07, 6.45) is 0.816. The van der Waals surface area contributed by atoms with Gasteiger partial charge in [-0.2, -0.15) is 0 Å². The van der Waals surface area contributed by atoms with Gasteiger partial charge in [0.1, 0.15) is 11.6 Å². The van der Waals surface area contributed by atoms with E-state index in [1.165, 1.54) is 0 Å². The van der Waals surface area contributed by atoms with Gasteiger partial charge in [-0.1, -0.05) is 0 Å². The Morgan fingerprint density at radius 3 is 2.72 bits per heavy atom. The quantitative estimate of drug-likeness (QED) is 0.840. The van der Waals surface area contributed by atoms with Crippen molar-refractivity contribution in [1.29, 1.82) is 0 Å². The number of carbonyl (C=O) groups is 1. The topological polar surface area (TPSA) is 51.2 Å². The van der Waals surface area contributed by atoms with E-state index in [4.69, 9.17) is 4.74 Å². The van der Waals surface area contributed by atoms with Gasteiger partial charge in [0.15, 0.2) is 6.29 Å². The summed E-state index contributed by atoms with van der Waals surface area (Å²) in [5.74, 6) is 1.38. The minimum absolute atomic E-state index is 0.229. The summed E-state index contributed by atoms with van der Waals surface area (Å²) in [6.45, 7) is 4.02. The zero-order chi connectivity index (χ0) is 13.1. The number of anilines is 1. The van der Waals surface area contributed by atoms with Gasteiger partial charge in [0.25, 0.3) is 0 Å². The van der Waals surface area contributed by atoms with Crippen LogP contribution in [-0.4, -0.2) is 24.4 Å². The van der Waals surface area contributed by atoms with E-state index in [1.54, 1.807) is 7.11 Å². The van der Waals surface area contributed by atoms with E-state index in [0.29, 0.717) is 11.4 Å². The van der Waals surface area contributed by atoms with Crippen LogP contribution < -0.4 is 10.1 Å². The predicted octanol–water partition coefficient (Wildman–Crippen LogP) is 2.88. The monoisotopic (exact) mass is 244 g/mol. The molecule has 0 saturated carbocycles. The lowest BCUT2D eigenvalue weighted by atomic mass is 10.1. The molecule has 1 aromatic carbocycles. The van der Waals surface area contributed by atoms with E-state index in [2.05, 4.69) is 10.3 Å². The van der Waals surface area contributed by atoms with Gasteiger partial charge in [0.2, 0.25) is 0 Å². The largest absolute Gasteiger partial charge is 0.497 e. The van der Waals surface area contributed by atoms with Crippen LogP contribution in [0, 0.1) is 0 Å². The Kier molecular flexibility index (Phi) is 3.46. The zero-order valence-corrected chi connectivity index (χ0v) is 10.7. The fourth-order valence-corrected chi connectivity index (χ4v) is 1.78. The number of methoxy groups -OCH3 is 1. The summed E-state index contributed by atoms with van der Waals surface area (Å²) >= 11 is 0. The summed E-state index contributed by atoms with van der Waals surface area (Å²) in [4.78, 5) is 15.6. The lowest BCUT2D eigenvalue weighted by Crippen LogP contribution is -2.13. The molecule has 4 nitrogen and oxygen atoms in total. The normalized spacial score (nSPS) is 10.7. The minimum atomic E-state index is 0.229. The molecular formula is C14H16N2O2. The maximum Gasteiger partial charge on any atom is 0.153 e. The van der Waals surface area contributed by atoms with Gasteiger partial charge >= 0.3 is 0 Å². The molecule has 0 atom stereocenters. The first-order valence-electron chi connectivity index (χ1n) is 5.84. The van der Waals surface area contributed by atoms with Crippen LogP contribution >= 0.6 is 0 Å². The Hall–Kier alpha value is -2.10. The molecule has 2 aromatic rings. The number of rotatable bonds is 4. The second kappa shape index (κ2) is 5.04. The number of ether oxygens (including phenoxy) is 1. The van der Waals surface area contributed by atoms with Crippen molar-refractivity contribution in [3.05, 3.63) is 29.8 Å². The highest BCUT2D eigenvalue weighted by Gasteiger charge is 2.08. The summed E-state index contributed by atoms with van der Waals surface area (Å²) < 4.78 is 5.16. The van der Waals surface area contributed by atoms with Crippen LogP contribution in [0.25, 0.3) is 10.9 Å². The summed E-state index contributed by atoms with van der Waals surface area (Å²) in [6, 6.07) is 7.66. The van der Waals surface area contributed by atoms with Crippen molar-refractivity contribution in [2.24, 2.45) is 0 Å². The van der Waals surface area contributed by atoms with Crippen LogP contribution in [0.2, 0.25) is 0 Å². The standard InChI is InChI=1S/C14H16N2O2/c1-9(2)15-14-11(8-17)6-10-7-12(18-3)4-5-13(10)16-14/h4-9H,1-3H3,(H,15,16). The second-order valence-corrected chi connectivity index (χ2v) is 4.40. The van der Waals surface area contributed by atoms with E-state index in [-0.39, 0.29) is 6.04 Å². The first kappa shape index (κ1) is 12.4. The highest BCUT2D eigenvalue weighted by molar-refractivity contribution is 5.92. The molecule has 94 valence electrons. The fraction of sp³-hybridized carbons (Fsp3) is 0.286. The number of hydrogen-bond donors (Lipinski definition) is 1. The molecule has 0 aliphatic heterocycles. The van der Waals surface area contributed by atoms with E-state index in [0.717, 1.165) is 22.9 Å². The number of aldehydes is 1. The van der Waals surface area contributed by atoms with Crippen LogP contribution in [0.15, 0.2) is 24.3 Å². The fourth-order valence-electron chi connectivity index (χ4n) is 1.78. The molecule has 1 aromatic heterocycles. The molecular weight excluding hydrogens is 228 g/mol. The van der Waals surface area contributed by atoms with Crippen molar-refractivity contribution >= 4 is 23.0 Å². The number of nitrogens with zero attached hydrogens (tertiary/aromatic N) is 1. The molecule has 4 heteroatoms. The van der Waals surface area contributed by atoms with Gasteiger partial charge in [0, 0.05) is 11.4 Å². The smallest absolute Gasteiger partial charge is 0.153 e. The van der Waals surface area contributed by atoms with Crippen LogP contribution in [0.3, 0.4) is 0 Å². The zero-order valence-electron chi connectivity index (χ0n) is 10.7. The lowest BCUT2D eigenvalue weighted by Gasteiger charge is -2.12. The molecule has 1 N–H and O–H groups in total. The first-order valence-corrected chi connectivity index (χ1v) is 5.84. The van der Waals surface area contributed by atoms with Crippen molar-refractivity contribution in [2.45, 2.75) is 19.9 Å². The van der Waals surface area contributed by atoms with Crippen LogP contribution in [0.4, 0.5) is 5.82 Å². The van der Waals surface area contributed by atoms with Gasteiger partial charge in [-0.25, -0.2) is 4.98 Å². The average molecular weight is 244 g/mol. The molecule has 0 amide bonds. The molecule has 0 fully saturated rings. The van der Waals surface area contributed by atoms with Gasteiger partial charge in [-0.05, 0) is 38.1 Å². The number of fused-ring (bicyclic) bond motifs is 1. The molecule has 0 aliphatic carbocycles. The maximum absolute atomic E-state index is 11.1. The Morgan fingerprint density at radius 2 is 2.11 bits per heavy atom. The second-order valence-electron chi connectivity index (χ2n) is 4.40. The third-order valence-electron chi connectivity index (χ3n) is 2.60. The van der Waals surface area contributed by atoms with Crippen molar-refractivity contribution in [3.63, 3.8) is 0 Å². The van der Waals surface area contributed by atoms with Crippen LogP contribution in [0.5, 0.6) is 5.75 Å². The molecule has 0 bridgehead atoms. The number of aromatic nitrogens is 1. The molecule has 0 spiro atoms. The van der Waals surface area contributed by atoms with E-state index in [9.17, 15) is 4.79 Å². The van der Waals surface area contributed by atoms with Gasteiger partial charge < -0.3 is 10.1 Å². The molecule has 18 heavy (non-hydrogen) atoms. The van der Waals surface area contributed by atoms with Crippen molar-refractivity contribution in [2.75, 3.05) is 12.4 Å². The molecule has 1 heterocycles. The number of pyridine rings is 1. The number of nitrogens with one attached hydrogen (secondary N) is 1. The van der Waals surface area contributed by atoms with E-state index >= 15 is 0 Å². The SMILES string of the molecule is COc1ccc2nc(NC(C)C)c(C=O)cc2c1. The summed E-state index contributed by atoms with van der Waals surface area (Å²) in [5, 5.41) is 4.07. The van der Waals surface area contributed by atoms with Crippen molar-refractivity contribution in [3.8, 4) is 5.75 Å². The third-order valence-corrected chi connectivity index (χ3v) is 2.60. The van der Waals surface area contributed by atoms with Gasteiger partial charge in [-0.15, -0.1) is 0 Å². The highest BCUT2D eigenvalue weighted by atomic mass is 16.5. The summed E-state index contributed by atoms with van der Waals surface area (Å²) in [7, 11) is 1.61. The number of carbonyl (C=O) groups excluding carboxylic acids is 1. The van der Waals surface area contributed by atoms with Crippen LogP contribution in [-0.2, 0) is 0 Å². The minimum Gasteiger partial charge on any atom is -0.497 e. The average Bonchev–Trinajstić information content (AvgIpc) is 2.36. The number of benzene rings is 1. The molecule has 0 aliphatic rings. The third kappa shape index (κ3) is 2.42. The Balaban J connectivity index is 2.56.